The van der Waals surface area contributed by atoms with Crippen molar-refractivity contribution < 1.29 is 9.63 Å². The van der Waals surface area contributed by atoms with Crippen molar-refractivity contribution in [2.45, 2.75) is 6.92 Å². The van der Waals surface area contributed by atoms with Gasteiger partial charge in [-0.15, -0.1) is 0 Å². The summed E-state index contributed by atoms with van der Waals surface area (Å²) in [6.07, 6.45) is 3.55. The number of aryl methyl sites for hydroxylation is 1. The highest BCUT2D eigenvalue weighted by Gasteiger charge is 2.12. The number of aliphatic hydroxyl groups is 1. The Labute approximate surface area is 142 Å². The van der Waals surface area contributed by atoms with Crippen LogP contribution in [0.4, 0.5) is 5.82 Å². The first-order chi connectivity index (χ1) is 12.2. The highest BCUT2D eigenvalue weighted by Crippen LogP contribution is 2.29. The maximum Gasteiger partial charge on any atom is 0.259 e. The van der Waals surface area contributed by atoms with Crippen LogP contribution in [0.1, 0.15) is 5.82 Å². The minimum Gasteiger partial charge on any atom is -0.395 e. The molecular formula is C17H16N6O2. The molecule has 0 bridgehead atoms. The van der Waals surface area contributed by atoms with Crippen LogP contribution in [0.25, 0.3) is 33.7 Å². The van der Waals surface area contributed by atoms with Gasteiger partial charge in [0.2, 0.25) is 0 Å². The number of hydrogen-bond acceptors (Lipinski definition) is 7. The van der Waals surface area contributed by atoms with E-state index in [1.165, 1.54) is 0 Å². The van der Waals surface area contributed by atoms with Crippen molar-refractivity contribution in [3.05, 3.63) is 42.5 Å². The van der Waals surface area contributed by atoms with Crippen molar-refractivity contribution in [2.24, 2.45) is 0 Å². The smallest absolute Gasteiger partial charge is 0.259 e. The van der Waals surface area contributed by atoms with Crippen molar-refractivity contribution in [1.29, 1.82) is 0 Å². The lowest BCUT2D eigenvalue weighted by Gasteiger charge is -2.08. The maximum atomic E-state index is 9.00. The number of H-pyrrole nitrogens is 1. The van der Waals surface area contributed by atoms with Crippen LogP contribution in [0.3, 0.4) is 0 Å². The molecule has 25 heavy (non-hydrogen) atoms. The summed E-state index contributed by atoms with van der Waals surface area (Å²) < 4.78 is 5.17. The summed E-state index contributed by atoms with van der Waals surface area (Å²) in [5, 5.41) is 16.8. The number of pyridine rings is 2. The quantitative estimate of drug-likeness (QED) is 0.513. The SMILES string of the molecule is Cc1noc(-c2ccc(-c3cc(NCCO)nc4[nH]ccc34)nc2)n1. The van der Waals surface area contributed by atoms with E-state index in [1.54, 1.807) is 13.1 Å². The van der Waals surface area contributed by atoms with E-state index in [0.717, 1.165) is 27.9 Å². The van der Waals surface area contributed by atoms with Crippen LogP contribution in [-0.2, 0) is 0 Å². The van der Waals surface area contributed by atoms with Gasteiger partial charge in [-0.2, -0.15) is 4.98 Å². The first-order valence-corrected chi connectivity index (χ1v) is 7.84. The number of aliphatic hydroxyl groups excluding tert-OH is 1. The molecule has 0 amide bonds. The van der Waals surface area contributed by atoms with Gasteiger partial charge in [0.25, 0.3) is 5.89 Å². The number of anilines is 1. The van der Waals surface area contributed by atoms with Gasteiger partial charge in [-0.1, -0.05) is 5.16 Å². The second-order valence-electron chi connectivity index (χ2n) is 5.52. The van der Waals surface area contributed by atoms with Crippen molar-refractivity contribution in [2.75, 3.05) is 18.5 Å². The summed E-state index contributed by atoms with van der Waals surface area (Å²) in [6, 6.07) is 7.69. The van der Waals surface area contributed by atoms with E-state index in [9.17, 15) is 0 Å². The van der Waals surface area contributed by atoms with Gasteiger partial charge in [0.05, 0.1) is 17.9 Å². The Morgan fingerprint density at radius 1 is 1.24 bits per heavy atom. The third-order valence-corrected chi connectivity index (χ3v) is 3.76. The van der Waals surface area contributed by atoms with Crippen molar-refractivity contribution >= 4 is 16.9 Å². The van der Waals surface area contributed by atoms with Gasteiger partial charge < -0.3 is 19.9 Å². The Balaban J connectivity index is 1.74. The number of rotatable bonds is 5. The fraction of sp³-hybridized carbons (Fsp3) is 0.176. The Morgan fingerprint density at radius 3 is 2.88 bits per heavy atom. The van der Waals surface area contributed by atoms with Gasteiger partial charge in [-0.05, 0) is 31.2 Å². The lowest BCUT2D eigenvalue weighted by atomic mass is 10.1. The second-order valence-corrected chi connectivity index (χ2v) is 5.52. The van der Waals surface area contributed by atoms with E-state index in [0.29, 0.717) is 24.1 Å². The number of aromatic amines is 1. The number of aromatic nitrogens is 5. The predicted molar refractivity (Wildman–Crippen MR) is 92.9 cm³/mol. The van der Waals surface area contributed by atoms with E-state index in [4.69, 9.17) is 9.63 Å². The number of hydrogen-bond donors (Lipinski definition) is 3. The molecule has 0 saturated heterocycles. The molecule has 0 aliphatic carbocycles. The Hall–Kier alpha value is -3.26. The normalized spacial score (nSPS) is 11.1. The topological polar surface area (TPSA) is 113 Å². The standard InChI is InChI=1S/C17H16N6O2/c1-10-21-17(25-23-10)11-2-3-14(20-9-11)13-8-15(18-6-7-24)22-16-12(13)4-5-19-16/h2-5,8-9,24H,6-7H2,1H3,(H2,18,19,22). The van der Waals surface area contributed by atoms with Gasteiger partial charge in [-0.25, -0.2) is 4.98 Å². The van der Waals surface area contributed by atoms with Gasteiger partial charge >= 0.3 is 0 Å². The fourth-order valence-corrected chi connectivity index (χ4v) is 2.62. The Bertz CT molecular complexity index is 1010. The molecule has 0 aliphatic rings. The third-order valence-electron chi connectivity index (χ3n) is 3.76. The highest BCUT2D eigenvalue weighted by molar-refractivity contribution is 5.93. The average Bonchev–Trinajstić information content (AvgIpc) is 3.28. The molecule has 4 aromatic heterocycles. The molecule has 0 radical (unpaired) electrons. The van der Waals surface area contributed by atoms with Crippen LogP contribution < -0.4 is 5.32 Å². The summed E-state index contributed by atoms with van der Waals surface area (Å²) >= 11 is 0. The molecule has 0 aromatic carbocycles. The molecule has 4 rings (SSSR count). The predicted octanol–water partition coefficient (Wildman–Crippen LogP) is 2.39. The Kier molecular flexibility index (Phi) is 3.87. The first-order valence-electron chi connectivity index (χ1n) is 7.84. The molecule has 4 heterocycles. The molecule has 4 aromatic rings. The molecule has 0 atom stereocenters. The summed E-state index contributed by atoms with van der Waals surface area (Å²) in [7, 11) is 0. The second kappa shape index (κ2) is 6.33. The summed E-state index contributed by atoms with van der Waals surface area (Å²) in [4.78, 5) is 16.3. The minimum absolute atomic E-state index is 0.0380. The van der Waals surface area contributed by atoms with E-state index < -0.39 is 0 Å². The van der Waals surface area contributed by atoms with Crippen LogP contribution in [0, 0.1) is 6.92 Å². The van der Waals surface area contributed by atoms with E-state index in [-0.39, 0.29) is 6.61 Å². The van der Waals surface area contributed by atoms with Crippen molar-refractivity contribution in [3.63, 3.8) is 0 Å². The van der Waals surface area contributed by atoms with Gasteiger partial charge in [0.1, 0.15) is 11.5 Å². The lowest BCUT2D eigenvalue weighted by molar-refractivity contribution is 0.311. The van der Waals surface area contributed by atoms with E-state index in [1.807, 2.05) is 30.5 Å². The summed E-state index contributed by atoms with van der Waals surface area (Å²) in [6.45, 7) is 2.24. The van der Waals surface area contributed by atoms with Gasteiger partial charge in [0.15, 0.2) is 5.82 Å². The zero-order chi connectivity index (χ0) is 17.2. The van der Waals surface area contributed by atoms with Gasteiger partial charge in [0, 0.05) is 29.9 Å². The van der Waals surface area contributed by atoms with Crippen LogP contribution in [0.2, 0.25) is 0 Å². The molecule has 0 fully saturated rings. The number of nitrogens with zero attached hydrogens (tertiary/aromatic N) is 4. The molecule has 0 aliphatic heterocycles. The molecule has 3 N–H and O–H groups in total. The fourth-order valence-electron chi connectivity index (χ4n) is 2.62. The Morgan fingerprint density at radius 2 is 2.16 bits per heavy atom. The zero-order valence-electron chi connectivity index (χ0n) is 13.5. The lowest BCUT2D eigenvalue weighted by Crippen LogP contribution is -2.07. The molecule has 0 spiro atoms. The summed E-state index contributed by atoms with van der Waals surface area (Å²) in [5.41, 5.74) is 3.28. The largest absolute Gasteiger partial charge is 0.395 e. The van der Waals surface area contributed by atoms with Crippen molar-refractivity contribution in [1.82, 2.24) is 25.1 Å². The van der Waals surface area contributed by atoms with Gasteiger partial charge in [-0.3, -0.25) is 4.98 Å². The number of fused-ring (bicyclic) bond motifs is 1. The maximum absolute atomic E-state index is 9.00. The zero-order valence-corrected chi connectivity index (χ0v) is 13.5. The van der Waals surface area contributed by atoms with Crippen molar-refractivity contribution in [3.8, 4) is 22.7 Å². The van der Waals surface area contributed by atoms with Crippen LogP contribution >= 0.6 is 0 Å². The van der Waals surface area contributed by atoms with E-state index >= 15 is 0 Å². The van der Waals surface area contributed by atoms with E-state index in [2.05, 4.69) is 30.4 Å². The molecule has 0 saturated carbocycles. The molecular weight excluding hydrogens is 320 g/mol. The van der Waals surface area contributed by atoms with Crippen LogP contribution in [-0.4, -0.2) is 43.4 Å². The molecule has 8 heteroatoms. The highest BCUT2D eigenvalue weighted by atomic mass is 16.5. The summed E-state index contributed by atoms with van der Waals surface area (Å²) in [5.74, 6) is 1.71. The minimum atomic E-state index is 0.0380. The average molecular weight is 336 g/mol. The molecule has 8 nitrogen and oxygen atoms in total. The molecule has 126 valence electrons. The number of nitrogens with one attached hydrogen (secondary N) is 2. The first kappa shape index (κ1) is 15.3. The molecule has 0 unspecified atom stereocenters. The third kappa shape index (κ3) is 2.94. The monoisotopic (exact) mass is 336 g/mol. The van der Waals surface area contributed by atoms with Crippen LogP contribution in [0.5, 0.6) is 0 Å². The van der Waals surface area contributed by atoms with Crippen LogP contribution in [0.15, 0.2) is 41.2 Å².